The van der Waals surface area contributed by atoms with Crippen molar-refractivity contribution in [2.24, 2.45) is 5.92 Å². The molecule has 0 unspecified atom stereocenters. The van der Waals surface area contributed by atoms with Gasteiger partial charge in [0.05, 0.1) is 0 Å². The molecular formula is C20H37. The minimum Gasteiger partial charge on any atom is -0.0533 e. The van der Waals surface area contributed by atoms with Crippen LogP contribution >= 0.6 is 0 Å². The van der Waals surface area contributed by atoms with Crippen LogP contribution in [0.5, 0.6) is 0 Å². The van der Waals surface area contributed by atoms with E-state index in [1.54, 1.807) is 0 Å². The van der Waals surface area contributed by atoms with E-state index in [1.807, 2.05) is 5.92 Å². The molecule has 0 nitrogen and oxygen atoms in total. The minimum atomic E-state index is 1.01. The summed E-state index contributed by atoms with van der Waals surface area (Å²) in [5.74, 6) is 3.01. The molecule has 0 bridgehead atoms. The van der Waals surface area contributed by atoms with E-state index in [2.05, 4.69) is 0 Å². The monoisotopic (exact) mass is 277 g/mol. The van der Waals surface area contributed by atoms with Crippen LogP contribution in [0.15, 0.2) is 0 Å². The third-order valence-corrected chi connectivity index (χ3v) is 5.68. The van der Waals surface area contributed by atoms with Gasteiger partial charge in [-0.1, -0.05) is 89.9 Å². The Balaban J connectivity index is 1.80. The van der Waals surface area contributed by atoms with E-state index in [0.29, 0.717) is 0 Å². The maximum absolute atomic E-state index is 1.99. The molecule has 0 amide bonds. The summed E-state index contributed by atoms with van der Waals surface area (Å²) in [5.41, 5.74) is 0. The van der Waals surface area contributed by atoms with Crippen molar-refractivity contribution in [1.29, 1.82) is 0 Å². The van der Waals surface area contributed by atoms with Crippen molar-refractivity contribution in [3.8, 4) is 0 Å². The van der Waals surface area contributed by atoms with Crippen LogP contribution in [0.1, 0.15) is 116 Å². The normalized spacial score (nSPS) is 27.0. The van der Waals surface area contributed by atoms with Crippen LogP contribution in [0.2, 0.25) is 0 Å². The highest BCUT2D eigenvalue weighted by Crippen LogP contribution is 2.36. The predicted octanol–water partition coefficient (Wildman–Crippen LogP) is 7.23. The molecule has 20 heavy (non-hydrogen) atoms. The maximum atomic E-state index is 1.99. The Hall–Kier alpha value is 0. The SMILES string of the molecule is C1CCCCC[C](C2CCCCCCC2)CCCCC1. The second-order valence-corrected chi connectivity index (χ2v) is 7.38. The Morgan fingerprint density at radius 2 is 0.750 bits per heavy atom. The molecule has 0 N–H and O–H groups in total. The molecule has 0 aliphatic heterocycles. The van der Waals surface area contributed by atoms with Gasteiger partial charge in [0.1, 0.15) is 0 Å². The highest BCUT2D eigenvalue weighted by atomic mass is 14.3. The summed E-state index contributed by atoms with van der Waals surface area (Å²) in [5, 5.41) is 0. The first-order valence-electron chi connectivity index (χ1n) is 9.81. The summed E-state index contributed by atoms with van der Waals surface area (Å²) >= 11 is 0. The Morgan fingerprint density at radius 3 is 1.20 bits per heavy atom. The summed E-state index contributed by atoms with van der Waals surface area (Å²) in [4.78, 5) is 0. The Morgan fingerprint density at radius 1 is 0.400 bits per heavy atom. The largest absolute Gasteiger partial charge is 0.0533 e. The lowest BCUT2D eigenvalue weighted by Gasteiger charge is -2.29. The van der Waals surface area contributed by atoms with E-state index < -0.39 is 0 Å². The van der Waals surface area contributed by atoms with Gasteiger partial charge in [-0.2, -0.15) is 0 Å². The van der Waals surface area contributed by atoms with Crippen molar-refractivity contribution >= 4 is 0 Å². The molecule has 2 rings (SSSR count). The molecule has 0 saturated heterocycles. The second-order valence-electron chi connectivity index (χ2n) is 7.38. The molecule has 2 aliphatic carbocycles. The molecule has 0 aromatic carbocycles. The molecule has 2 aliphatic rings. The predicted molar refractivity (Wildman–Crippen MR) is 89.8 cm³/mol. The summed E-state index contributed by atoms with van der Waals surface area (Å²) in [6.07, 6.45) is 27.0. The fraction of sp³-hybridized carbons (Fsp3) is 0.950. The van der Waals surface area contributed by atoms with E-state index in [-0.39, 0.29) is 0 Å². The molecule has 117 valence electrons. The van der Waals surface area contributed by atoms with Crippen molar-refractivity contribution in [2.45, 2.75) is 116 Å². The topological polar surface area (TPSA) is 0 Å². The molecule has 0 heteroatoms. The smallest absolute Gasteiger partial charge is 0.0210 e. The first-order valence-corrected chi connectivity index (χ1v) is 9.81. The highest BCUT2D eigenvalue weighted by Gasteiger charge is 2.22. The van der Waals surface area contributed by atoms with E-state index in [9.17, 15) is 0 Å². The standard InChI is InChI=1S/C20H37/c1-2-4-7-11-15-19(16-12-8-5-3-1)20-17-13-9-6-10-14-18-20/h20H,1-18H2. The summed E-state index contributed by atoms with van der Waals surface area (Å²) in [7, 11) is 0. The number of rotatable bonds is 1. The second kappa shape index (κ2) is 10.7. The number of hydrogen-bond donors (Lipinski definition) is 0. The molecule has 0 heterocycles. The molecule has 0 aromatic rings. The lowest BCUT2D eigenvalue weighted by Crippen LogP contribution is -2.15. The van der Waals surface area contributed by atoms with Gasteiger partial charge in [-0.15, -0.1) is 0 Å². The van der Waals surface area contributed by atoms with Crippen LogP contribution < -0.4 is 0 Å². The van der Waals surface area contributed by atoms with Crippen LogP contribution in [0.3, 0.4) is 0 Å². The van der Waals surface area contributed by atoms with Gasteiger partial charge in [-0.3, -0.25) is 0 Å². The van der Waals surface area contributed by atoms with Crippen LogP contribution in [-0.4, -0.2) is 0 Å². The zero-order chi connectivity index (χ0) is 13.9. The van der Waals surface area contributed by atoms with Crippen molar-refractivity contribution < 1.29 is 0 Å². The van der Waals surface area contributed by atoms with Crippen LogP contribution in [0, 0.1) is 11.8 Å². The number of hydrogen-bond acceptors (Lipinski definition) is 0. The molecule has 2 saturated carbocycles. The molecule has 0 aromatic heterocycles. The first kappa shape index (κ1) is 16.4. The van der Waals surface area contributed by atoms with E-state index in [4.69, 9.17) is 0 Å². The fourth-order valence-electron chi connectivity index (χ4n) is 4.34. The van der Waals surface area contributed by atoms with Gasteiger partial charge in [0.25, 0.3) is 0 Å². The van der Waals surface area contributed by atoms with Crippen molar-refractivity contribution in [3.63, 3.8) is 0 Å². The lowest BCUT2D eigenvalue weighted by atomic mass is 9.77. The van der Waals surface area contributed by atoms with Gasteiger partial charge in [0, 0.05) is 0 Å². The Kier molecular flexibility index (Phi) is 8.75. The molecule has 1 radical (unpaired) electrons. The zero-order valence-corrected chi connectivity index (χ0v) is 13.8. The molecule has 0 spiro atoms. The summed E-state index contributed by atoms with van der Waals surface area (Å²) in [6.45, 7) is 0. The Labute approximate surface area is 128 Å². The fourth-order valence-corrected chi connectivity index (χ4v) is 4.34. The molecule has 2 fully saturated rings. The average molecular weight is 278 g/mol. The van der Waals surface area contributed by atoms with E-state index >= 15 is 0 Å². The van der Waals surface area contributed by atoms with Gasteiger partial charge >= 0.3 is 0 Å². The zero-order valence-electron chi connectivity index (χ0n) is 13.8. The van der Waals surface area contributed by atoms with Crippen molar-refractivity contribution in [3.05, 3.63) is 5.92 Å². The lowest BCUT2D eigenvalue weighted by molar-refractivity contribution is 0.352. The average Bonchev–Trinajstić information content (AvgIpc) is 2.40. The van der Waals surface area contributed by atoms with Gasteiger partial charge < -0.3 is 0 Å². The maximum Gasteiger partial charge on any atom is -0.0210 e. The van der Waals surface area contributed by atoms with E-state index in [0.717, 1.165) is 5.92 Å². The highest BCUT2D eigenvalue weighted by molar-refractivity contribution is 4.96. The van der Waals surface area contributed by atoms with Gasteiger partial charge in [0.15, 0.2) is 0 Å². The summed E-state index contributed by atoms with van der Waals surface area (Å²) in [6, 6.07) is 0. The van der Waals surface area contributed by atoms with Gasteiger partial charge in [-0.25, -0.2) is 0 Å². The van der Waals surface area contributed by atoms with Crippen molar-refractivity contribution in [2.75, 3.05) is 0 Å². The third-order valence-electron chi connectivity index (χ3n) is 5.68. The van der Waals surface area contributed by atoms with E-state index in [1.165, 1.54) is 116 Å². The van der Waals surface area contributed by atoms with Crippen LogP contribution in [-0.2, 0) is 0 Å². The Bertz CT molecular complexity index is 200. The van der Waals surface area contributed by atoms with Crippen molar-refractivity contribution in [1.82, 2.24) is 0 Å². The summed E-state index contributed by atoms with van der Waals surface area (Å²) < 4.78 is 0. The first-order chi connectivity index (χ1) is 9.97. The van der Waals surface area contributed by atoms with Gasteiger partial charge in [-0.05, 0) is 37.5 Å². The van der Waals surface area contributed by atoms with Crippen LogP contribution in [0.4, 0.5) is 0 Å². The molecular weight excluding hydrogens is 240 g/mol. The van der Waals surface area contributed by atoms with Crippen LogP contribution in [0.25, 0.3) is 0 Å². The quantitative estimate of drug-likeness (QED) is 0.474. The molecule has 0 atom stereocenters. The van der Waals surface area contributed by atoms with Gasteiger partial charge in [0.2, 0.25) is 0 Å². The minimum absolute atomic E-state index is 1.01. The third kappa shape index (κ3) is 6.64.